The van der Waals surface area contributed by atoms with Crippen LogP contribution in [0.2, 0.25) is 0 Å². The fourth-order valence-electron chi connectivity index (χ4n) is 8.86. The Balaban J connectivity index is 4.24. The van der Waals surface area contributed by atoms with E-state index in [1.165, 1.54) is 154 Å². The molecule has 75 heavy (non-hydrogen) atoms. The summed E-state index contributed by atoms with van der Waals surface area (Å²) < 4.78 is 16.8. The van der Waals surface area contributed by atoms with Crippen LogP contribution in [0.1, 0.15) is 303 Å². The number of hydrogen-bond acceptors (Lipinski definition) is 6. The predicted octanol–water partition coefficient (Wildman–Crippen LogP) is 21.7. The summed E-state index contributed by atoms with van der Waals surface area (Å²) in [6.07, 6.45) is 84.4. The zero-order valence-corrected chi connectivity index (χ0v) is 49.3. The second-order valence-electron chi connectivity index (χ2n) is 20.9. The molecule has 0 aromatic heterocycles. The summed E-state index contributed by atoms with van der Waals surface area (Å²) in [7, 11) is 0. The number of ether oxygens (including phenoxy) is 3. The van der Waals surface area contributed by atoms with Crippen molar-refractivity contribution in [3.8, 4) is 0 Å². The molecule has 0 aliphatic rings. The number of rotatable bonds is 57. The Hall–Kier alpha value is -3.67. The fraction of sp³-hybridized carbons (Fsp3) is 0.725. The maximum Gasteiger partial charge on any atom is 0.306 e. The zero-order chi connectivity index (χ0) is 54.3. The molecule has 0 aliphatic carbocycles. The molecular formula is C69H118O6. The van der Waals surface area contributed by atoms with Crippen molar-refractivity contribution < 1.29 is 28.6 Å². The van der Waals surface area contributed by atoms with Crippen LogP contribution in [0.25, 0.3) is 0 Å². The first-order chi connectivity index (χ1) is 37.0. The van der Waals surface area contributed by atoms with Gasteiger partial charge in [0.2, 0.25) is 0 Å². The molecule has 0 N–H and O–H groups in total. The van der Waals surface area contributed by atoms with E-state index in [-0.39, 0.29) is 37.5 Å². The fourth-order valence-corrected chi connectivity index (χ4v) is 8.86. The van der Waals surface area contributed by atoms with Crippen LogP contribution >= 0.6 is 0 Å². The number of hydrogen-bond donors (Lipinski definition) is 0. The summed E-state index contributed by atoms with van der Waals surface area (Å²) in [5.74, 6) is -0.969. The van der Waals surface area contributed by atoms with Crippen molar-refractivity contribution >= 4 is 17.9 Å². The minimum Gasteiger partial charge on any atom is -0.462 e. The number of carbonyl (C=O) groups excluding carboxylic acids is 3. The van der Waals surface area contributed by atoms with Crippen LogP contribution in [-0.4, -0.2) is 37.2 Å². The van der Waals surface area contributed by atoms with Gasteiger partial charge in [0.15, 0.2) is 6.10 Å². The van der Waals surface area contributed by atoms with Gasteiger partial charge in [0.25, 0.3) is 0 Å². The van der Waals surface area contributed by atoms with Gasteiger partial charge in [0, 0.05) is 19.3 Å². The highest BCUT2D eigenvalue weighted by atomic mass is 16.6. The molecule has 430 valence electrons. The minimum atomic E-state index is -0.812. The van der Waals surface area contributed by atoms with E-state index in [2.05, 4.69) is 118 Å². The van der Waals surface area contributed by atoms with Gasteiger partial charge in [0.05, 0.1) is 0 Å². The summed E-state index contributed by atoms with van der Waals surface area (Å²) in [5, 5.41) is 0. The van der Waals surface area contributed by atoms with Gasteiger partial charge in [-0.25, -0.2) is 0 Å². The van der Waals surface area contributed by atoms with E-state index in [4.69, 9.17) is 14.2 Å². The number of unbranched alkanes of at least 4 members (excludes halogenated alkanes) is 30. The summed E-state index contributed by atoms with van der Waals surface area (Å²) in [5.41, 5.74) is 0. The molecule has 0 aromatic carbocycles. The molecule has 0 aromatic rings. The molecule has 6 nitrogen and oxygen atoms in total. The van der Waals surface area contributed by atoms with E-state index in [9.17, 15) is 14.4 Å². The lowest BCUT2D eigenvalue weighted by Crippen LogP contribution is -2.30. The van der Waals surface area contributed by atoms with Gasteiger partial charge < -0.3 is 14.2 Å². The van der Waals surface area contributed by atoms with Gasteiger partial charge in [-0.1, -0.05) is 266 Å². The second kappa shape index (κ2) is 62.9. The van der Waals surface area contributed by atoms with Crippen molar-refractivity contribution in [3.63, 3.8) is 0 Å². The van der Waals surface area contributed by atoms with E-state index >= 15 is 0 Å². The molecule has 0 fully saturated rings. The Morgan fingerprint density at radius 3 is 0.867 bits per heavy atom. The Bertz CT molecular complexity index is 1480. The monoisotopic (exact) mass is 1040 g/mol. The highest BCUT2D eigenvalue weighted by molar-refractivity contribution is 5.71. The number of esters is 3. The third kappa shape index (κ3) is 61.1. The molecule has 0 heterocycles. The molecule has 0 saturated carbocycles. The van der Waals surface area contributed by atoms with Gasteiger partial charge >= 0.3 is 17.9 Å². The van der Waals surface area contributed by atoms with E-state index in [1.807, 2.05) is 0 Å². The van der Waals surface area contributed by atoms with E-state index < -0.39 is 6.10 Å². The molecule has 0 rings (SSSR count). The lowest BCUT2D eigenvalue weighted by molar-refractivity contribution is -0.167. The number of allylic oxidation sites excluding steroid dienone is 16. The SMILES string of the molecule is CC/C=C\C/C=C\C/C=C\C/C=C\CCCCC(=O)OC(COC(=O)CCCCC/C=C\C/C=C\C/C=C\CC)COC(=O)CCCCCCCCCCCCCCCCCCC/C=C\CCCCCCCCCC. The normalized spacial score (nSPS) is 12.7. The summed E-state index contributed by atoms with van der Waals surface area (Å²) in [4.78, 5) is 38.2. The largest absolute Gasteiger partial charge is 0.462 e. The Labute approximate surface area is 464 Å². The second-order valence-corrected chi connectivity index (χ2v) is 20.9. The Kier molecular flexibility index (Phi) is 59.8. The highest BCUT2D eigenvalue weighted by Gasteiger charge is 2.19. The summed E-state index contributed by atoms with van der Waals surface area (Å²) in [6.45, 7) is 6.37. The molecule has 0 radical (unpaired) electrons. The van der Waals surface area contributed by atoms with Crippen LogP contribution in [0, 0.1) is 0 Å². The van der Waals surface area contributed by atoms with Crippen LogP contribution in [0.3, 0.4) is 0 Å². The first kappa shape index (κ1) is 71.3. The average Bonchev–Trinajstić information content (AvgIpc) is 3.41. The van der Waals surface area contributed by atoms with Gasteiger partial charge in [0.1, 0.15) is 13.2 Å². The maximum absolute atomic E-state index is 12.8. The van der Waals surface area contributed by atoms with Crippen molar-refractivity contribution in [2.45, 2.75) is 309 Å². The molecular weight excluding hydrogens is 925 g/mol. The van der Waals surface area contributed by atoms with Gasteiger partial charge in [-0.15, -0.1) is 0 Å². The topological polar surface area (TPSA) is 78.9 Å². The van der Waals surface area contributed by atoms with E-state index in [1.54, 1.807) is 0 Å². The molecule has 0 spiro atoms. The summed E-state index contributed by atoms with van der Waals surface area (Å²) in [6, 6.07) is 0. The molecule has 0 saturated heterocycles. The van der Waals surface area contributed by atoms with Gasteiger partial charge in [-0.3, -0.25) is 14.4 Å². The van der Waals surface area contributed by atoms with E-state index in [0.29, 0.717) is 19.3 Å². The van der Waals surface area contributed by atoms with Gasteiger partial charge in [-0.2, -0.15) is 0 Å². The quantitative estimate of drug-likeness (QED) is 0.0261. The van der Waals surface area contributed by atoms with Crippen molar-refractivity contribution in [2.75, 3.05) is 13.2 Å². The minimum absolute atomic E-state index is 0.103. The van der Waals surface area contributed by atoms with E-state index in [0.717, 1.165) is 103 Å². The zero-order valence-electron chi connectivity index (χ0n) is 49.3. The molecule has 1 unspecified atom stereocenters. The third-order valence-electron chi connectivity index (χ3n) is 13.6. The molecule has 0 bridgehead atoms. The molecule has 0 aliphatic heterocycles. The maximum atomic E-state index is 12.8. The van der Waals surface area contributed by atoms with Crippen LogP contribution in [0.5, 0.6) is 0 Å². The lowest BCUT2D eigenvalue weighted by atomic mass is 10.0. The number of carbonyl (C=O) groups is 3. The first-order valence-electron chi connectivity index (χ1n) is 31.7. The molecule has 1 atom stereocenters. The predicted molar refractivity (Wildman–Crippen MR) is 325 cm³/mol. The van der Waals surface area contributed by atoms with Crippen LogP contribution < -0.4 is 0 Å². The van der Waals surface area contributed by atoms with Crippen LogP contribution in [0.4, 0.5) is 0 Å². The van der Waals surface area contributed by atoms with Crippen molar-refractivity contribution in [2.24, 2.45) is 0 Å². The van der Waals surface area contributed by atoms with Crippen LogP contribution in [0.15, 0.2) is 97.2 Å². The standard InChI is InChI=1S/C69H118O6/c1-4-7-10-13-16-19-22-25-27-28-29-30-31-32-33-34-35-36-37-38-39-40-42-44-47-50-53-56-59-62-68(71)74-65-66(64-73-67(70)61-58-55-52-49-46-43-24-21-18-15-12-9-6-3)75-69(72)63-60-57-54-51-48-45-41-26-23-20-17-14-11-8-5-2/h8-9,11-12,17-18,20-21,26,28-29,41,43,46,48,51,66H,4-7,10,13-16,19,22-25,27,30-40,42,44-45,47,49-50,52-65H2,1-3H3/b11-8-,12-9-,20-17-,21-18-,29-28-,41-26-,46-43-,51-48-. The lowest BCUT2D eigenvalue weighted by Gasteiger charge is -2.18. The van der Waals surface area contributed by atoms with Crippen molar-refractivity contribution in [1.82, 2.24) is 0 Å². The molecule has 6 heteroatoms. The Morgan fingerprint density at radius 2 is 0.520 bits per heavy atom. The van der Waals surface area contributed by atoms with Crippen molar-refractivity contribution in [1.29, 1.82) is 0 Å². The van der Waals surface area contributed by atoms with Crippen LogP contribution in [-0.2, 0) is 28.6 Å². The van der Waals surface area contributed by atoms with Crippen molar-refractivity contribution in [3.05, 3.63) is 97.2 Å². The smallest absolute Gasteiger partial charge is 0.306 e. The highest BCUT2D eigenvalue weighted by Crippen LogP contribution is 2.16. The summed E-state index contributed by atoms with van der Waals surface area (Å²) >= 11 is 0. The average molecular weight is 1040 g/mol. The molecule has 0 amide bonds. The Morgan fingerprint density at radius 1 is 0.280 bits per heavy atom. The van der Waals surface area contributed by atoms with Gasteiger partial charge in [-0.05, 0) is 116 Å². The first-order valence-corrected chi connectivity index (χ1v) is 31.7. The third-order valence-corrected chi connectivity index (χ3v) is 13.6.